The van der Waals surface area contributed by atoms with Crippen LogP contribution in [0.3, 0.4) is 0 Å². The molecule has 0 aromatic carbocycles. The lowest BCUT2D eigenvalue weighted by molar-refractivity contribution is -0.154. The van der Waals surface area contributed by atoms with E-state index in [0.29, 0.717) is 13.0 Å². The molecule has 9 heteroatoms. The molecule has 0 spiro atoms. The van der Waals surface area contributed by atoms with E-state index >= 15 is 0 Å². The van der Waals surface area contributed by atoms with Gasteiger partial charge >= 0.3 is 13.8 Å². The van der Waals surface area contributed by atoms with Crippen molar-refractivity contribution in [2.75, 3.05) is 33.0 Å². The quantitative estimate of drug-likeness (QED) is 0.0276. The van der Waals surface area contributed by atoms with Gasteiger partial charge in [0.25, 0.3) is 0 Å². The summed E-state index contributed by atoms with van der Waals surface area (Å²) in [5.41, 5.74) is 5.36. The van der Waals surface area contributed by atoms with Gasteiger partial charge in [0, 0.05) is 19.6 Å². The number of rotatable bonds is 38. The number of carbonyl (C=O) groups excluding carboxylic acids is 1. The van der Waals surface area contributed by atoms with Gasteiger partial charge in [-0.3, -0.25) is 13.8 Å². The fraction of sp³-hybridized carbons (Fsp3) is 0.622. The Labute approximate surface area is 330 Å². The predicted octanol–water partition coefficient (Wildman–Crippen LogP) is 12.3. The smallest absolute Gasteiger partial charge is 0.457 e. The number of esters is 1. The van der Waals surface area contributed by atoms with Crippen molar-refractivity contribution in [3.05, 3.63) is 97.2 Å². The number of unbranched alkanes of at least 4 members (excludes halogenated alkanes) is 9. The molecule has 308 valence electrons. The molecule has 0 aliphatic carbocycles. The minimum atomic E-state index is -4.30. The summed E-state index contributed by atoms with van der Waals surface area (Å²) in [6.07, 6.45) is 54.3. The number of nitrogens with two attached hydrogens (primary N) is 1. The van der Waals surface area contributed by atoms with Gasteiger partial charge in [-0.25, -0.2) is 4.57 Å². The fourth-order valence-corrected chi connectivity index (χ4v) is 5.81. The zero-order chi connectivity index (χ0) is 39.5. The molecule has 3 N–H and O–H groups in total. The topological polar surface area (TPSA) is 117 Å². The van der Waals surface area contributed by atoms with Crippen molar-refractivity contribution in [2.24, 2.45) is 5.73 Å². The van der Waals surface area contributed by atoms with Crippen molar-refractivity contribution in [3.8, 4) is 0 Å². The van der Waals surface area contributed by atoms with Crippen LogP contribution in [0, 0.1) is 0 Å². The molecule has 0 aromatic rings. The van der Waals surface area contributed by atoms with Gasteiger partial charge in [-0.15, -0.1) is 0 Å². The van der Waals surface area contributed by atoms with Crippen LogP contribution in [0.1, 0.15) is 142 Å². The van der Waals surface area contributed by atoms with Crippen molar-refractivity contribution >= 4 is 13.8 Å². The lowest BCUT2D eigenvalue weighted by Gasteiger charge is -2.20. The molecule has 0 fully saturated rings. The van der Waals surface area contributed by atoms with Gasteiger partial charge in [0.05, 0.1) is 19.8 Å². The third kappa shape index (κ3) is 40.6. The second-order valence-electron chi connectivity index (χ2n) is 13.1. The van der Waals surface area contributed by atoms with Gasteiger partial charge in [0.2, 0.25) is 0 Å². The Kier molecular flexibility index (Phi) is 39.6. The van der Waals surface area contributed by atoms with E-state index < -0.39 is 19.9 Å². The molecule has 0 aliphatic rings. The third-order valence-electron chi connectivity index (χ3n) is 8.00. The van der Waals surface area contributed by atoms with Gasteiger partial charge in [0.1, 0.15) is 6.10 Å². The van der Waals surface area contributed by atoms with Gasteiger partial charge in [0.15, 0.2) is 0 Å². The molecule has 0 bridgehead atoms. The Bertz CT molecular complexity index is 1140. The molecule has 0 amide bonds. The summed E-state index contributed by atoms with van der Waals surface area (Å²) in [6.45, 7) is 4.57. The fourth-order valence-electron chi connectivity index (χ4n) is 5.04. The Morgan fingerprint density at radius 2 is 0.981 bits per heavy atom. The maximum Gasteiger partial charge on any atom is 0.472 e. The monoisotopic (exact) mass is 774 g/mol. The minimum absolute atomic E-state index is 0.0818. The van der Waals surface area contributed by atoms with Crippen molar-refractivity contribution in [1.29, 1.82) is 0 Å². The largest absolute Gasteiger partial charge is 0.472 e. The highest BCUT2D eigenvalue weighted by molar-refractivity contribution is 7.47. The normalized spacial score (nSPS) is 14.5. The summed E-state index contributed by atoms with van der Waals surface area (Å²) in [5, 5.41) is 0. The summed E-state index contributed by atoms with van der Waals surface area (Å²) >= 11 is 0. The highest BCUT2D eigenvalue weighted by Gasteiger charge is 2.25. The maximum atomic E-state index is 12.6. The molecule has 8 nitrogen and oxygen atoms in total. The molecule has 0 heterocycles. The molecule has 0 saturated heterocycles. The molecule has 0 aliphatic heterocycles. The summed E-state index contributed by atoms with van der Waals surface area (Å²) < 4.78 is 33.3. The van der Waals surface area contributed by atoms with Gasteiger partial charge in [-0.05, 0) is 83.5 Å². The number of phosphoric acid groups is 1. The van der Waals surface area contributed by atoms with Crippen LogP contribution < -0.4 is 5.73 Å². The first-order chi connectivity index (χ1) is 26.4. The first kappa shape index (κ1) is 51.4. The minimum Gasteiger partial charge on any atom is -0.457 e. The second-order valence-corrected chi connectivity index (χ2v) is 14.5. The second kappa shape index (κ2) is 41.6. The van der Waals surface area contributed by atoms with Crippen LogP contribution in [0.4, 0.5) is 0 Å². The summed E-state index contributed by atoms with van der Waals surface area (Å²) in [7, 11) is -4.30. The molecule has 2 unspecified atom stereocenters. The Balaban J connectivity index is 4.18. The lowest BCUT2D eigenvalue weighted by atomic mass is 10.1. The zero-order valence-electron chi connectivity index (χ0n) is 33.9. The van der Waals surface area contributed by atoms with Crippen LogP contribution in [0.25, 0.3) is 0 Å². The number of ether oxygens (including phenoxy) is 2. The van der Waals surface area contributed by atoms with Crippen molar-refractivity contribution in [3.63, 3.8) is 0 Å². The molecule has 54 heavy (non-hydrogen) atoms. The lowest BCUT2D eigenvalue weighted by Crippen LogP contribution is -2.28. The first-order valence-electron chi connectivity index (χ1n) is 20.7. The molecular formula is C45H76NO7P. The number of carbonyl (C=O) groups is 1. The average molecular weight is 774 g/mol. The van der Waals surface area contributed by atoms with Crippen LogP contribution in [0.15, 0.2) is 97.2 Å². The van der Waals surface area contributed by atoms with Crippen LogP contribution in [0.2, 0.25) is 0 Å². The summed E-state index contributed by atoms with van der Waals surface area (Å²) in [5.74, 6) is -0.394. The van der Waals surface area contributed by atoms with Crippen molar-refractivity contribution in [2.45, 2.75) is 148 Å². The number of allylic oxidation sites excluding steroid dienone is 16. The van der Waals surface area contributed by atoms with Crippen LogP contribution in [-0.2, 0) is 27.9 Å². The maximum absolute atomic E-state index is 12.6. The molecular weight excluding hydrogens is 697 g/mol. The number of hydrogen-bond acceptors (Lipinski definition) is 7. The first-order valence-corrected chi connectivity index (χ1v) is 22.2. The van der Waals surface area contributed by atoms with E-state index in [1.54, 1.807) is 0 Å². The summed E-state index contributed by atoms with van der Waals surface area (Å²) in [6, 6.07) is 0. The van der Waals surface area contributed by atoms with Crippen LogP contribution in [-0.4, -0.2) is 49.9 Å². The molecule has 0 aromatic heterocycles. The highest BCUT2D eigenvalue weighted by Crippen LogP contribution is 2.43. The van der Waals surface area contributed by atoms with Gasteiger partial charge in [-0.2, -0.15) is 0 Å². The van der Waals surface area contributed by atoms with E-state index in [1.807, 2.05) is 0 Å². The van der Waals surface area contributed by atoms with Crippen molar-refractivity contribution in [1.82, 2.24) is 0 Å². The Morgan fingerprint density at radius 1 is 0.556 bits per heavy atom. The van der Waals surface area contributed by atoms with E-state index in [0.717, 1.165) is 83.5 Å². The zero-order valence-corrected chi connectivity index (χ0v) is 34.8. The van der Waals surface area contributed by atoms with Gasteiger partial charge < -0.3 is 20.1 Å². The molecule has 0 radical (unpaired) electrons. The van der Waals surface area contributed by atoms with E-state index in [4.69, 9.17) is 24.3 Å². The Hall–Kier alpha value is -2.58. The van der Waals surface area contributed by atoms with E-state index in [1.165, 1.54) is 32.1 Å². The average Bonchev–Trinajstić information content (AvgIpc) is 3.16. The van der Waals surface area contributed by atoms with Crippen LogP contribution >= 0.6 is 7.82 Å². The standard InChI is InChI=1S/C45H76NO7P/c1-3-5-7-9-11-13-15-17-19-21-23-25-27-29-31-33-35-37-40-50-42-44(43-52-54(48,49)51-41-39-46)53-45(47)38-36-34-32-30-28-26-24-22-20-18-16-14-12-10-8-6-4-2/h5-8,11-14,17-20,24,26,30,32,44H,3-4,9-10,15-16,21-23,25,27-29,31,33-43,46H2,1-2H3,(H,48,49)/b7-5-,8-6-,13-11-,14-12-,19-17-,20-18-,26-24-,32-30-. The number of phosphoric ester groups is 1. The SMILES string of the molecule is CC/C=C\C/C=C\C/C=C\C/C=C\C/C=C\CCCC(=O)OC(COCCCCCCCCCC/C=C\C/C=C\C/C=C\CC)COP(=O)(O)OCCN. The van der Waals surface area contributed by atoms with E-state index in [-0.39, 0.29) is 32.8 Å². The Morgan fingerprint density at radius 3 is 1.46 bits per heavy atom. The number of hydrogen-bond donors (Lipinski definition) is 2. The van der Waals surface area contributed by atoms with Crippen molar-refractivity contribution < 1.29 is 32.8 Å². The third-order valence-corrected chi connectivity index (χ3v) is 8.98. The highest BCUT2D eigenvalue weighted by atomic mass is 31.2. The molecule has 2 atom stereocenters. The predicted molar refractivity (Wildman–Crippen MR) is 228 cm³/mol. The van der Waals surface area contributed by atoms with Gasteiger partial charge in [-0.1, -0.05) is 150 Å². The van der Waals surface area contributed by atoms with E-state index in [2.05, 4.69) is 111 Å². The molecule has 0 rings (SSSR count). The van der Waals surface area contributed by atoms with Crippen LogP contribution in [0.5, 0.6) is 0 Å². The summed E-state index contributed by atoms with van der Waals surface area (Å²) in [4.78, 5) is 22.4. The molecule has 0 saturated carbocycles. The van der Waals surface area contributed by atoms with E-state index in [9.17, 15) is 14.3 Å².